The van der Waals surface area contributed by atoms with E-state index in [4.69, 9.17) is 4.74 Å². The first kappa shape index (κ1) is 10.5. The van der Waals surface area contributed by atoms with Crippen LogP contribution < -0.4 is 10.1 Å². The third kappa shape index (κ3) is 1.86. The van der Waals surface area contributed by atoms with Gasteiger partial charge in [0.05, 0.1) is 6.61 Å². The molecule has 1 N–H and O–H groups in total. The first-order valence-corrected chi connectivity index (χ1v) is 5.64. The van der Waals surface area contributed by atoms with Crippen molar-refractivity contribution >= 4 is 0 Å². The molecule has 0 fully saturated rings. The summed E-state index contributed by atoms with van der Waals surface area (Å²) in [4.78, 5) is 0. The Morgan fingerprint density at radius 1 is 1.33 bits per heavy atom. The Morgan fingerprint density at radius 3 is 2.87 bits per heavy atom. The van der Waals surface area contributed by atoms with E-state index in [0.29, 0.717) is 6.04 Å². The van der Waals surface area contributed by atoms with Gasteiger partial charge in [-0.25, -0.2) is 0 Å². The van der Waals surface area contributed by atoms with Gasteiger partial charge in [-0.2, -0.15) is 0 Å². The highest BCUT2D eigenvalue weighted by Gasteiger charge is 2.20. The van der Waals surface area contributed by atoms with Crippen LogP contribution in [0.25, 0.3) is 0 Å². The number of rotatable bonds is 1. The van der Waals surface area contributed by atoms with Gasteiger partial charge in [0, 0.05) is 11.6 Å². The molecule has 0 amide bonds. The van der Waals surface area contributed by atoms with Crippen molar-refractivity contribution in [3.05, 3.63) is 28.8 Å². The second kappa shape index (κ2) is 4.23. The smallest absolute Gasteiger partial charge is 0.127 e. The lowest BCUT2D eigenvalue weighted by Gasteiger charge is -2.18. The molecule has 1 atom stereocenters. The largest absolute Gasteiger partial charge is 0.493 e. The molecule has 0 spiro atoms. The van der Waals surface area contributed by atoms with Crippen molar-refractivity contribution in [1.29, 1.82) is 0 Å². The van der Waals surface area contributed by atoms with Crippen LogP contribution in [0.4, 0.5) is 0 Å². The Bertz CT molecular complexity index is 360. The number of hydrogen-bond donors (Lipinski definition) is 1. The summed E-state index contributed by atoms with van der Waals surface area (Å²) in [7, 11) is 2.02. The number of nitrogens with one attached hydrogen (secondary N) is 1. The molecule has 0 aliphatic carbocycles. The van der Waals surface area contributed by atoms with Gasteiger partial charge in [0.15, 0.2) is 0 Å². The normalized spacial score (nSPS) is 20.3. The van der Waals surface area contributed by atoms with E-state index in [0.717, 1.165) is 25.2 Å². The first-order chi connectivity index (χ1) is 7.24. The number of fused-ring (bicyclic) bond motifs is 1. The molecule has 2 nitrogen and oxygen atoms in total. The van der Waals surface area contributed by atoms with E-state index in [-0.39, 0.29) is 0 Å². The first-order valence-electron chi connectivity index (χ1n) is 5.64. The Kier molecular flexibility index (Phi) is 2.96. The molecular formula is C13H19NO. The van der Waals surface area contributed by atoms with Gasteiger partial charge in [-0.15, -0.1) is 0 Å². The van der Waals surface area contributed by atoms with Crippen LogP contribution in [-0.2, 0) is 0 Å². The maximum absolute atomic E-state index is 5.85. The standard InChI is InChI=1S/C13H19NO/c1-9-6-7-11-12(14-3)5-4-8-15-13(11)10(9)2/h6-7,12,14H,4-5,8H2,1-3H3. The molecule has 2 rings (SSSR count). The van der Waals surface area contributed by atoms with E-state index in [1.54, 1.807) is 0 Å². The van der Waals surface area contributed by atoms with Gasteiger partial charge in [-0.3, -0.25) is 0 Å². The van der Waals surface area contributed by atoms with Crippen molar-refractivity contribution in [3.8, 4) is 5.75 Å². The Balaban J connectivity index is 2.49. The van der Waals surface area contributed by atoms with E-state index >= 15 is 0 Å². The lowest BCUT2D eigenvalue weighted by molar-refractivity contribution is 0.313. The number of ether oxygens (including phenoxy) is 1. The van der Waals surface area contributed by atoms with Gasteiger partial charge in [0.1, 0.15) is 5.75 Å². The van der Waals surface area contributed by atoms with Gasteiger partial charge in [-0.05, 0) is 44.9 Å². The molecule has 1 aliphatic rings. The maximum Gasteiger partial charge on any atom is 0.127 e. The Hall–Kier alpha value is -1.02. The lowest BCUT2D eigenvalue weighted by Crippen LogP contribution is -2.15. The van der Waals surface area contributed by atoms with Crippen LogP contribution in [0.5, 0.6) is 5.75 Å². The van der Waals surface area contributed by atoms with Gasteiger partial charge in [-0.1, -0.05) is 12.1 Å². The number of aryl methyl sites for hydroxylation is 1. The van der Waals surface area contributed by atoms with Crippen LogP contribution in [0.15, 0.2) is 12.1 Å². The maximum atomic E-state index is 5.85. The minimum absolute atomic E-state index is 0.446. The molecule has 0 radical (unpaired) electrons. The molecule has 0 bridgehead atoms. The highest BCUT2D eigenvalue weighted by molar-refractivity contribution is 5.47. The summed E-state index contributed by atoms with van der Waals surface area (Å²) in [5.41, 5.74) is 3.92. The molecule has 1 aliphatic heterocycles. The summed E-state index contributed by atoms with van der Waals surface area (Å²) in [6, 6.07) is 4.83. The molecule has 1 heterocycles. The molecule has 82 valence electrons. The zero-order valence-corrected chi connectivity index (χ0v) is 9.76. The second-order valence-electron chi connectivity index (χ2n) is 4.26. The topological polar surface area (TPSA) is 21.3 Å². The van der Waals surface area contributed by atoms with Crippen LogP contribution in [0, 0.1) is 13.8 Å². The molecule has 1 aromatic carbocycles. The predicted octanol–water partition coefficient (Wildman–Crippen LogP) is 2.74. The summed E-state index contributed by atoms with van der Waals surface area (Å²) in [6.07, 6.45) is 2.28. The van der Waals surface area contributed by atoms with Crippen molar-refractivity contribution in [2.75, 3.05) is 13.7 Å². The number of hydrogen-bond acceptors (Lipinski definition) is 2. The van der Waals surface area contributed by atoms with Crippen LogP contribution in [0.1, 0.15) is 35.6 Å². The zero-order valence-electron chi connectivity index (χ0n) is 9.76. The highest BCUT2D eigenvalue weighted by atomic mass is 16.5. The second-order valence-corrected chi connectivity index (χ2v) is 4.26. The van der Waals surface area contributed by atoms with Gasteiger partial charge in [0.25, 0.3) is 0 Å². The fraction of sp³-hybridized carbons (Fsp3) is 0.538. The number of benzene rings is 1. The van der Waals surface area contributed by atoms with Crippen molar-refractivity contribution in [2.24, 2.45) is 0 Å². The van der Waals surface area contributed by atoms with E-state index in [1.165, 1.54) is 16.7 Å². The molecule has 2 heteroatoms. The molecule has 1 aromatic rings. The van der Waals surface area contributed by atoms with E-state index in [9.17, 15) is 0 Å². The molecule has 0 saturated carbocycles. The molecule has 0 saturated heterocycles. The summed E-state index contributed by atoms with van der Waals surface area (Å²) in [6.45, 7) is 5.12. The quantitative estimate of drug-likeness (QED) is 0.761. The van der Waals surface area contributed by atoms with E-state index < -0.39 is 0 Å². The molecule has 1 unspecified atom stereocenters. The molecular weight excluding hydrogens is 186 g/mol. The fourth-order valence-corrected chi connectivity index (χ4v) is 2.19. The van der Waals surface area contributed by atoms with Crippen molar-refractivity contribution in [1.82, 2.24) is 5.32 Å². The van der Waals surface area contributed by atoms with Crippen LogP contribution in [0.2, 0.25) is 0 Å². The SMILES string of the molecule is CNC1CCCOc2c1ccc(C)c2C. The zero-order chi connectivity index (χ0) is 10.8. The van der Waals surface area contributed by atoms with E-state index in [1.807, 2.05) is 7.05 Å². The lowest BCUT2D eigenvalue weighted by atomic mass is 9.97. The van der Waals surface area contributed by atoms with Crippen LogP contribution >= 0.6 is 0 Å². The van der Waals surface area contributed by atoms with Gasteiger partial charge < -0.3 is 10.1 Å². The van der Waals surface area contributed by atoms with Crippen molar-refractivity contribution < 1.29 is 4.74 Å². The average molecular weight is 205 g/mol. The Morgan fingerprint density at radius 2 is 2.13 bits per heavy atom. The van der Waals surface area contributed by atoms with Gasteiger partial charge >= 0.3 is 0 Å². The summed E-state index contributed by atoms with van der Waals surface area (Å²) in [5.74, 6) is 1.10. The van der Waals surface area contributed by atoms with Gasteiger partial charge in [0.2, 0.25) is 0 Å². The van der Waals surface area contributed by atoms with E-state index in [2.05, 4.69) is 31.3 Å². The molecule has 0 aromatic heterocycles. The molecule has 15 heavy (non-hydrogen) atoms. The minimum Gasteiger partial charge on any atom is -0.493 e. The minimum atomic E-state index is 0.446. The Labute approximate surface area is 91.6 Å². The third-order valence-corrected chi connectivity index (χ3v) is 3.31. The average Bonchev–Trinajstić information content (AvgIpc) is 2.45. The van der Waals surface area contributed by atoms with Crippen LogP contribution in [-0.4, -0.2) is 13.7 Å². The summed E-state index contributed by atoms with van der Waals surface area (Å²) < 4.78 is 5.85. The monoisotopic (exact) mass is 205 g/mol. The van der Waals surface area contributed by atoms with Crippen LogP contribution in [0.3, 0.4) is 0 Å². The van der Waals surface area contributed by atoms with Crippen molar-refractivity contribution in [3.63, 3.8) is 0 Å². The predicted molar refractivity (Wildman–Crippen MR) is 62.4 cm³/mol. The summed E-state index contributed by atoms with van der Waals surface area (Å²) in [5, 5.41) is 3.37. The highest BCUT2D eigenvalue weighted by Crippen LogP contribution is 2.35. The van der Waals surface area contributed by atoms with Crippen molar-refractivity contribution in [2.45, 2.75) is 32.7 Å². The summed E-state index contributed by atoms with van der Waals surface area (Å²) >= 11 is 0. The fourth-order valence-electron chi connectivity index (χ4n) is 2.19. The third-order valence-electron chi connectivity index (χ3n) is 3.31.